The van der Waals surface area contributed by atoms with Gasteiger partial charge in [0.25, 0.3) is 5.91 Å². The summed E-state index contributed by atoms with van der Waals surface area (Å²) in [6.45, 7) is 5.62. The summed E-state index contributed by atoms with van der Waals surface area (Å²) < 4.78 is 35.2. The molecule has 0 spiro atoms. The summed E-state index contributed by atoms with van der Waals surface area (Å²) in [5, 5.41) is 2.47. The molecule has 0 atom stereocenters. The standard InChI is InChI=1S/C23H19F2N5O2/c1-13-14(2)30(12-26-13)20-11-21(28-15(3)27-20)32-17-9-7-16(8-10-17)29-23(31)22-18(24)5-4-6-19(22)25/h4-12H,1-3H3,(H,29,31). The van der Waals surface area contributed by atoms with E-state index in [1.807, 2.05) is 18.4 Å². The fraction of sp³-hybridized carbons (Fsp3) is 0.130. The second kappa shape index (κ2) is 8.54. The van der Waals surface area contributed by atoms with Crippen LogP contribution in [-0.4, -0.2) is 25.4 Å². The normalized spacial score (nSPS) is 10.8. The molecular weight excluding hydrogens is 416 g/mol. The van der Waals surface area contributed by atoms with Crippen LogP contribution in [0.25, 0.3) is 5.82 Å². The molecule has 2 aromatic carbocycles. The van der Waals surface area contributed by atoms with E-state index in [2.05, 4.69) is 20.3 Å². The van der Waals surface area contributed by atoms with Crippen molar-refractivity contribution in [2.24, 2.45) is 0 Å². The van der Waals surface area contributed by atoms with Crippen molar-refractivity contribution in [3.05, 3.63) is 89.3 Å². The van der Waals surface area contributed by atoms with E-state index in [4.69, 9.17) is 4.74 Å². The van der Waals surface area contributed by atoms with E-state index in [0.29, 0.717) is 29.0 Å². The molecule has 0 unspecified atom stereocenters. The lowest BCUT2D eigenvalue weighted by atomic mass is 10.2. The minimum Gasteiger partial charge on any atom is -0.439 e. The second-order valence-corrected chi connectivity index (χ2v) is 7.07. The zero-order chi connectivity index (χ0) is 22.8. The van der Waals surface area contributed by atoms with Crippen LogP contribution < -0.4 is 10.1 Å². The number of nitrogens with zero attached hydrogens (tertiary/aromatic N) is 4. The molecule has 2 aromatic heterocycles. The molecule has 0 radical (unpaired) electrons. The molecule has 2 heterocycles. The Kier molecular flexibility index (Phi) is 5.63. The van der Waals surface area contributed by atoms with Crippen molar-refractivity contribution >= 4 is 11.6 Å². The molecule has 1 amide bonds. The topological polar surface area (TPSA) is 81.9 Å². The van der Waals surface area contributed by atoms with Crippen LogP contribution in [0.1, 0.15) is 27.6 Å². The SMILES string of the molecule is Cc1nc(Oc2ccc(NC(=O)c3c(F)cccc3F)cc2)cc(-n2cnc(C)c2C)n1. The minimum atomic E-state index is -0.930. The Morgan fingerprint density at radius 1 is 1.00 bits per heavy atom. The van der Waals surface area contributed by atoms with Gasteiger partial charge in [-0.1, -0.05) is 6.07 Å². The van der Waals surface area contributed by atoms with Crippen LogP contribution in [0, 0.1) is 32.4 Å². The molecule has 1 N–H and O–H groups in total. The van der Waals surface area contributed by atoms with Crippen molar-refractivity contribution in [3.63, 3.8) is 0 Å². The van der Waals surface area contributed by atoms with E-state index in [9.17, 15) is 13.6 Å². The van der Waals surface area contributed by atoms with Gasteiger partial charge in [-0.2, -0.15) is 4.98 Å². The van der Waals surface area contributed by atoms with Gasteiger partial charge in [-0.15, -0.1) is 0 Å². The maximum absolute atomic E-state index is 13.8. The number of amides is 1. The van der Waals surface area contributed by atoms with Crippen molar-refractivity contribution in [2.45, 2.75) is 20.8 Å². The molecular formula is C23H19F2N5O2. The number of ether oxygens (including phenoxy) is 1. The van der Waals surface area contributed by atoms with Gasteiger partial charge in [0.1, 0.15) is 40.9 Å². The molecule has 0 saturated heterocycles. The number of imidazole rings is 1. The first kappa shape index (κ1) is 21.1. The number of halogens is 2. The first-order valence-corrected chi connectivity index (χ1v) is 9.71. The molecule has 0 aliphatic heterocycles. The minimum absolute atomic E-state index is 0.337. The lowest BCUT2D eigenvalue weighted by Gasteiger charge is -2.11. The number of hydrogen-bond donors (Lipinski definition) is 1. The Morgan fingerprint density at radius 3 is 2.31 bits per heavy atom. The van der Waals surface area contributed by atoms with Gasteiger partial charge in [0.05, 0.1) is 5.69 Å². The molecule has 0 saturated carbocycles. The first-order valence-electron chi connectivity index (χ1n) is 9.71. The van der Waals surface area contributed by atoms with Crippen LogP contribution >= 0.6 is 0 Å². The highest BCUT2D eigenvalue weighted by Gasteiger charge is 2.17. The number of nitrogens with one attached hydrogen (secondary N) is 1. The van der Waals surface area contributed by atoms with E-state index in [0.717, 1.165) is 23.5 Å². The lowest BCUT2D eigenvalue weighted by molar-refractivity contribution is 0.101. The number of benzene rings is 2. The van der Waals surface area contributed by atoms with E-state index < -0.39 is 23.1 Å². The summed E-state index contributed by atoms with van der Waals surface area (Å²) >= 11 is 0. The molecule has 0 bridgehead atoms. The van der Waals surface area contributed by atoms with Gasteiger partial charge < -0.3 is 10.1 Å². The molecule has 4 aromatic rings. The van der Waals surface area contributed by atoms with Gasteiger partial charge in [-0.3, -0.25) is 9.36 Å². The van der Waals surface area contributed by atoms with Crippen molar-refractivity contribution < 1.29 is 18.3 Å². The smallest absolute Gasteiger partial charge is 0.261 e. The quantitative estimate of drug-likeness (QED) is 0.482. The maximum Gasteiger partial charge on any atom is 0.261 e. The highest BCUT2D eigenvalue weighted by Crippen LogP contribution is 2.24. The number of hydrogen-bond acceptors (Lipinski definition) is 5. The Labute approximate surface area is 182 Å². The second-order valence-electron chi connectivity index (χ2n) is 7.07. The first-order chi connectivity index (χ1) is 15.3. The zero-order valence-corrected chi connectivity index (χ0v) is 17.6. The average Bonchev–Trinajstić information content (AvgIpc) is 3.07. The van der Waals surface area contributed by atoms with Crippen LogP contribution in [0.2, 0.25) is 0 Å². The Hall–Kier alpha value is -4.14. The van der Waals surface area contributed by atoms with E-state index in [1.54, 1.807) is 43.6 Å². The fourth-order valence-electron chi connectivity index (χ4n) is 3.07. The molecule has 162 valence electrons. The van der Waals surface area contributed by atoms with Crippen molar-refractivity contribution in [3.8, 4) is 17.4 Å². The van der Waals surface area contributed by atoms with E-state index >= 15 is 0 Å². The average molecular weight is 435 g/mol. The van der Waals surface area contributed by atoms with Gasteiger partial charge in [0.15, 0.2) is 0 Å². The highest BCUT2D eigenvalue weighted by molar-refractivity contribution is 6.04. The number of aromatic nitrogens is 4. The zero-order valence-electron chi connectivity index (χ0n) is 17.6. The van der Waals surface area contributed by atoms with Gasteiger partial charge in [-0.05, 0) is 57.2 Å². The van der Waals surface area contributed by atoms with Gasteiger partial charge in [0.2, 0.25) is 5.88 Å². The van der Waals surface area contributed by atoms with E-state index in [-0.39, 0.29) is 0 Å². The van der Waals surface area contributed by atoms with Gasteiger partial charge in [0, 0.05) is 17.4 Å². The summed E-state index contributed by atoms with van der Waals surface area (Å²) in [5.41, 5.74) is 1.58. The fourth-order valence-corrected chi connectivity index (χ4v) is 3.07. The predicted octanol–water partition coefficient (Wildman–Crippen LogP) is 4.91. The third kappa shape index (κ3) is 4.31. The molecule has 0 aliphatic rings. The molecule has 7 nitrogen and oxygen atoms in total. The number of rotatable bonds is 5. The Morgan fingerprint density at radius 2 is 1.69 bits per heavy atom. The number of anilines is 1. The Bertz CT molecular complexity index is 1280. The molecule has 0 aliphatic carbocycles. The van der Waals surface area contributed by atoms with Crippen LogP contribution in [0.5, 0.6) is 11.6 Å². The molecule has 9 heteroatoms. The van der Waals surface area contributed by atoms with Crippen LogP contribution in [0.15, 0.2) is 54.9 Å². The Balaban J connectivity index is 1.51. The summed E-state index contributed by atoms with van der Waals surface area (Å²) in [6.07, 6.45) is 1.69. The summed E-state index contributed by atoms with van der Waals surface area (Å²) in [4.78, 5) is 25.2. The van der Waals surface area contributed by atoms with Crippen LogP contribution in [0.3, 0.4) is 0 Å². The molecule has 4 rings (SSSR count). The number of aryl methyl sites for hydroxylation is 2. The molecule has 0 fully saturated rings. The van der Waals surface area contributed by atoms with Gasteiger partial charge in [-0.25, -0.2) is 18.7 Å². The maximum atomic E-state index is 13.8. The van der Waals surface area contributed by atoms with E-state index in [1.165, 1.54) is 6.07 Å². The third-order valence-corrected chi connectivity index (χ3v) is 4.82. The summed E-state index contributed by atoms with van der Waals surface area (Å²) in [7, 11) is 0. The van der Waals surface area contributed by atoms with Crippen LogP contribution in [0.4, 0.5) is 14.5 Å². The van der Waals surface area contributed by atoms with Crippen molar-refractivity contribution in [1.82, 2.24) is 19.5 Å². The summed E-state index contributed by atoms with van der Waals surface area (Å²) in [5.74, 6) is -0.788. The van der Waals surface area contributed by atoms with Gasteiger partial charge >= 0.3 is 0 Å². The highest BCUT2D eigenvalue weighted by atomic mass is 19.1. The van der Waals surface area contributed by atoms with Crippen molar-refractivity contribution in [1.29, 1.82) is 0 Å². The summed E-state index contributed by atoms with van der Waals surface area (Å²) in [6, 6.07) is 11.3. The van der Waals surface area contributed by atoms with Crippen molar-refractivity contribution in [2.75, 3.05) is 5.32 Å². The lowest BCUT2D eigenvalue weighted by Crippen LogP contribution is -2.15. The largest absolute Gasteiger partial charge is 0.439 e. The number of carbonyl (C=O) groups is 1. The third-order valence-electron chi connectivity index (χ3n) is 4.82. The predicted molar refractivity (Wildman–Crippen MR) is 114 cm³/mol. The van der Waals surface area contributed by atoms with Crippen LogP contribution in [-0.2, 0) is 0 Å². The monoisotopic (exact) mass is 435 g/mol. The number of carbonyl (C=O) groups excluding carboxylic acids is 1. The molecule has 32 heavy (non-hydrogen) atoms.